The maximum absolute atomic E-state index is 13.7. The van der Waals surface area contributed by atoms with Crippen LogP contribution in [0.2, 0.25) is 5.04 Å². The Morgan fingerprint density at radius 3 is 2.22 bits per heavy atom. The van der Waals surface area contributed by atoms with Gasteiger partial charge in [0, 0.05) is 0 Å². The molecule has 0 spiro atoms. The fraction of sp³-hybridized carbons (Fsp3) is 0.205. The maximum Gasteiger partial charge on any atom is 0.328 e. The lowest BCUT2D eigenvalue weighted by molar-refractivity contribution is 0.160. The van der Waals surface area contributed by atoms with Crippen LogP contribution in [-0.2, 0) is 4.43 Å². The van der Waals surface area contributed by atoms with E-state index in [-0.39, 0.29) is 22.9 Å². The van der Waals surface area contributed by atoms with E-state index in [1.165, 1.54) is 10.4 Å². The van der Waals surface area contributed by atoms with Gasteiger partial charge >= 0.3 is 5.69 Å². The molecule has 1 N–H and O–H groups in total. The van der Waals surface area contributed by atoms with Gasteiger partial charge in [0.25, 0.3) is 8.32 Å². The number of imidazole rings is 2. The number of nitrogens with one attached hydrogen (secondary N) is 1. The van der Waals surface area contributed by atoms with Crippen molar-refractivity contribution in [3.8, 4) is 12.0 Å². The molecule has 3 heterocycles. The van der Waals surface area contributed by atoms with Crippen molar-refractivity contribution in [1.29, 1.82) is 5.26 Å². The first kappa shape index (κ1) is 30.7. The maximum atomic E-state index is 13.7. The Morgan fingerprint density at radius 1 is 0.878 bits per heavy atom. The number of aromatic nitrogens is 6. The summed E-state index contributed by atoms with van der Waals surface area (Å²) in [5, 5.41) is 11.8. The van der Waals surface area contributed by atoms with Gasteiger partial charge < -0.3 is 9.41 Å². The minimum absolute atomic E-state index is 0.170. The van der Waals surface area contributed by atoms with E-state index >= 15 is 0 Å². The number of hydrogen-bond acceptors (Lipinski definition) is 6. The molecule has 0 amide bonds. The fourth-order valence-corrected chi connectivity index (χ4v) is 12.3. The van der Waals surface area contributed by atoms with Crippen LogP contribution in [0.5, 0.6) is 0 Å². The third-order valence-corrected chi connectivity index (χ3v) is 14.8. The van der Waals surface area contributed by atoms with E-state index in [0.29, 0.717) is 34.6 Å². The number of nitriles is 1. The quantitative estimate of drug-likeness (QED) is 0.208. The van der Waals surface area contributed by atoms with Crippen LogP contribution in [-0.4, -0.2) is 37.4 Å². The summed E-state index contributed by atoms with van der Waals surface area (Å²) in [6, 6.07) is 37.0. The summed E-state index contributed by atoms with van der Waals surface area (Å²) in [4.78, 5) is 30.7. The topological polar surface area (TPSA) is 114 Å². The number of fused-ring (bicyclic) bond motifs is 3. The van der Waals surface area contributed by atoms with Gasteiger partial charge in [0.05, 0.1) is 41.0 Å². The highest BCUT2D eigenvalue weighted by atomic mass is 28.4. The number of benzene rings is 4. The predicted molar refractivity (Wildman–Crippen MR) is 193 cm³/mol. The van der Waals surface area contributed by atoms with Crippen molar-refractivity contribution in [1.82, 2.24) is 29.1 Å². The lowest BCUT2D eigenvalue weighted by Crippen LogP contribution is -2.67. The molecule has 0 saturated carbocycles. The van der Waals surface area contributed by atoms with Gasteiger partial charge in [-0.25, -0.2) is 14.8 Å². The smallest absolute Gasteiger partial charge is 0.328 e. The molecule has 10 heteroatoms. The van der Waals surface area contributed by atoms with Gasteiger partial charge in [-0.15, -0.1) is 0 Å². The number of aromatic amines is 1. The van der Waals surface area contributed by atoms with Crippen molar-refractivity contribution in [2.75, 3.05) is 0 Å². The second kappa shape index (κ2) is 11.8. The summed E-state index contributed by atoms with van der Waals surface area (Å²) in [6.45, 7) is 6.89. The van der Waals surface area contributed by atoms with Crippen molar-refractivity contribution in [2.24, 2.45) is 0 Å². The highest BCUT2D eigenvalue weighted by Crippen LogP contribution is 2.46. The second-order valence-corrected chi connectivity index (χ2v) is 17.9. The molecular formula is C39H35N7O2Si. The molecule has 8 rings (SSSR count). The van der Waals surface area contributed by atoms with Crippen LogP contribution < -0.4 is 16.1 Å². The zero-order chi connectivity index (χ0) is 33.8. The standard InChI is InChI=1S/C39H35N7O2Si/c1-39(2,3)49(27-12-6-4-7-13-27,28-14-8-5-9-15-28)48-35-21-20-33(29-16-10-11-17-30(29)35)46-36-32(43-38(46)47)24-41-37(44-36)45-25-42-31-19-18-26(23-40)22-34(31)45/h4-19,22,24-25,33,35H,20-21H2,1-3H3,(H,43,47)/t33-,35?/m1/s1. The van der Waals surface area contributed by atoms with Gasteiger partial charge in [-0.3, -0.25) is 9.13 Å². The second-order valence-electron chi connectivity index (χ2n) is 13.6. The summed E-state index contributed by atoms with van der Waals surface area (Å²) < 4.78 is 11.2. The molecular weight excluding hydrogens is 627 g/mol. The van der Waals surface area contributed by atoms with Crippen LogP contribution in [0, 0.1) is 11.3 Å². The van der Waals surface area contributed by atoms with Crippen LogP contribution in [0.1, 0.15) is 62.4 Å². The van der Waals surface area contributed by atoms with E-state index in [9.17, 15) is 10.1 Å². The van der Waals surface area contributed by atoms with Crippen molar-refractivity contribution in [2.45, 2.75) is 50.8 Å². The van der Waals surface area contributed by atoms with Crippen molar-refractivity contribution >= 4 is 40.9 Å². The Balaban J connectivity index is 1.23. The van der Waals surface area contributed by atoms with Crippen molar-refractivity contribution in [3.63, 3.8) is 0 Å². The number of nitrogens with zero attached hydrogens (tertiary/aromatic N) is 6. The minimum Gasteiger partial charge on any atom is -0.400 e. The molecule has 0 bridgehead atoms. The number of hydrogen-bond donors (Lipinski definition) is 1. The summed E-state index contributed by atoms with van der Waals surface area (Å²) in [5.41, 5.74) is 4.92. The molecule has 1 aliphatic carbocycles. The fourth-order valence-electron chi connectivity index (χ4n) is 7.57. The molecule has 3 aromatic heterocycles. The van der Waals surface area contributed by atoms with E-state index < -0.39 is 8.32 Å². The van der Waals surface area contributed by atoms with Crippen LogP contribution in [0.25, 0.3) is 28.1 Å². The van der Waals surface area contributed by atoms with Crippen LogP contribution in [0.4, 0.5) is 0 Å². The summed E-state index contributed by atoms with van der Waals surface area (Å²) >= 11 is 0. The van der Waals surface area contributed by atoms with Gasteiger partial charge in [-0.05, 0) is 57.6 Å². The van der Waals surface area contributed by atoms with Gasteiger partial charge in [0.2, 0.25) is 5.95 Å². The largest absolute Gasteiger partial charge is 0.400 e. The lowest BCUT2D eigenvalue weighted by atomic mass is 9.85. The summed E-state index contributed by atoms with van der Waals surface area (Å²) in [7, 11) is -2.84. The summed E-state index contributed by atoms with van der Waals surface area (Å²) in [5.74, 6) is 0.370. The molecule has 1 aliphatic rings. The molecule has 0 fully saturated rings. The summed E-state index contributed by atoms with van der Waals surface area (Å²) in [6.07, 6.45) is 4.53. The highest BCUT2D eigenvalue weighted by Gasteiger charge is 2.52. The van der Waals surface area contributed by atoms with Crippen molar-refractivity contribution in [3.05, 3.63) is 143 Å². The molecule has 49 heavy (non-hydrogen) atoms. The first-order valence-electron chi connectivity index (χ1n) is 16.5. The average Bonchev–Trinajstić information content (AvgIpc) is 3.70. The van der Waals surface area contributed by atoms with E-state index in [0.717, 1.165) is 23.1 Å². The van der Waals surface area contributed by atoms with E-state index in [2.05, 4.69) is 121 Å². The first-order chi connectivity index (χ1) is 23.8. The van der Waals surface area contributed by atoms with Gasteiger partial charge in [0.1, 0.15) is 11.8 Å². The molecule has 7 aromatic rings. The van der Waals surface area contributed by atoms with Crippen molar-refractivity contribution < 1.29 is 4.43 Å². The number of H-pyrrole nitrogens is 1. The molecule has 9 nitrogen and oxygen atoms in total. The lowest BCUT2D eigenvalue weighted by Gasteiger charge is -2.46. The van der Waals surface area contributed by atoms with Crippen LogP contribution in [0.3, 0.4) is 0 Å². The molecule has 242 valence electrons. The zero-order valence-corrected chi connectivity index (χ0v) is 28.5. The number of rotatable bonds is 6. The minimum atomic E-state index is -2.84. The molecule has 1 unspecified atom stereocenters. The van der Waals surface area contributed by atoms with Crippen LogP contribution >= 0.6 is 0 Å². The average molecular weight is 662 g/mol. The van der Waals surface area contributed by atoms with E-state index in [1.807, 2.05) is 6.07 Å². The predicted octanol–water partition coefficient (Wildman–Crippen LogP) is 6.33. The SMILES string of the molecule is CC(C)(C)[Si](OC1CC[C@@H](n2c(=O)[nH]c3cnc(-n4cnc5ccc(C#N)cc54)nc32)c2ccccc21)(c1ccccc1)c1ccccc1. The van der Waals surface area contributed by atoms with Crippen LogP contribution in [0.15, 0.2) is 120 Å². The Kier molecular flexibility index (Phi) is 7.39. The monoisotopic (exact) mass is 661 g/mol. The Labute approximate surface area is 284 Å². The van der Waals surface area contributed by atoms with Gasteiger partial charge in [-0.2, -0.15) is 10.2 Å². The van der Waals surface area contributed by atoms with E-state index in [4.69, 9.17) is 9.41 Å². The van der Waals surface area contributed by atoms with Gasteiger partial charge in [0.15, 0.2) is 5.65 Å². The normalized spacial score (nSPS) is 16.4. The Hall–Kier alpha value is -5.63. The molecule has 0 saturated heterocycles. The molecule has 2 atom stereocenters. The molecule has 0 radical (unpaired) electrons. The first-order valence-corrected chi connectivity index (χ1v) is 18.4. The van der Waals surface area contributed by atoms with Gasteiger partial charge in [-0.1, -0.05) is 106 Å². The Morgan fingerprint density at radius 2 is 1.55 bits per heavy atom. The molecule has 0 aliphatic heterocycles. The third kappa shape index (κ3) is 5.01. The highest BCUT2D eigenvalue weighted by molar-refractivity contribution is 6.99. The zero-order valence-electron chi connectivity index (χ0n) is 27.5. The van der Waals surface area contributed by atoms with E-state index in [1.54, 1.807) is 39.9 Å². The third-order valence-electron chi connectivity index (χ3n) is 9.79. The molecule has 4 aromatic carbocycles. The Bertz CT molecular complexity index is 2380.